The van der Waals surface area contributed by atoms with Crippen LogP contribution in [0.2, 0.25) is 0 Å². The first-order valence-electron chi connectivity index (χ1n) is 11.7. The lowest BCUT2D eigenvalue weighted by Crippen LogP contribution is -2.39. The Morgan fingerprint density at radius 1 is 1.22 bits per heavy atom. The van der Waals surface area contributed by atoms with E-state index in [0.717, 1.165) is 50.6 Å². The average molecular weight is 505 g/mol. The molecule has 0 saturated heterocycles. The highest BCUT2D eigenvalue weighted by Crippen LogP contribution is 2.36. The fraction of sp³-hybridized carbons (Fsp3) is 0.308. The molecule has 1 aliphatic rings. The van der Waals surface area contributed by atoms with Crippen LogP contribution >= 0.6 is 11.3 Å². The second-order valence-electron chi connectivity index (χ2n) is 9.48. The van der Waals surface area contributed by atoms with Gasteiger partial charge in [0.1, 0.15) is 29.1 Å². The number of methoxy groups -OCH3 is 1. The number of carbonyl (C=O) groups is 1. The molecule has 186 valence electrons. The van der Waals surface area contributed by atoms with E-state index in [4.69, 9.17) is 9.47 Å². The Hall–Kier alpha value is -3.92. The van der Waals surface area contributed by atoms with Crippen molar-refractivity contribution < 1.29 is 14.3 Å². The quantitative estimate of drug-likeness (QED) is 0.351. The van der Waals surface area contributed by atoms with Crippen LogP contribution in [0.3, 0.4) is 0 Å². The third-order valence-corrected chi connectivity index (χ3v) is 6.60. The maximum atomic E-state index is 12.4. The van der Waals surface area contributed by atoms with E-state index in [-0.39, 0.29) is 6.09 Å². The number of benzene rings is 1. The van der Waals surface area contributed by atoms with E-state index in [1.54, 1.807) is 28.9 Å². The first-order chi connectivity index (χ1) is 17.3. The smallest absolute Gasteiger partial charge is 0.410 e. The van der Waals surface area contributed by atoms with E-state index in [1.807, 2.05) is 45.2 Å². The van der Waals surface area contributed by atoms with Crippen molar-refractivity contribution in [1.82, 2.24) is 24.8 Å². The van der Waals surface area contributed by atoms with Crippen molar-refractivity contribution in [2.24, 2.45) is 0 Å². The molecule has 0 bridgehead atoms. The topological polar surface area (TPSA) is 105 Å². The van der Waals surface area contributed by atoms with Gasteiger partial charge in [0.15, 0.2) is 0 Å². The normalized spacial score (nSPS) is 14.0. The molecule has 10 heteroatoms. The predicted octanol–water partition coefficient (Wildman–Crippen LogP) is 5.86. The number of thiazole rings is 1. The molecule has 36 heavy (non-hydrogen) atoms. The summed E-state index contributed by atoms with van der Waals surface area (Å²) in [6.07, 6.45) is 5.86. The number of aromatic amines is 1. The summed E-state index contributed by atoms with van der Waals surface area (Å²) in [5.41, 5.74) is 5.99. The van der Waals surface area contributed by atoms with Crippen LogP contribution in [-0.2, 0) is 4.74 Å². The van der Waals surface area contributed by atoms with E-state index in [9.17, 15) is 4.79 Å². The van der Waals surface area contributed by atoms with Gasteiger partial charge in [-0.05, 0) is 57.0 Å². The fourth-order valence-electron chi connectivity index (χ4n) is 4.08. The maximum Gasteiger partial charge on any atom is 0.410 e. The van der Waals surface area contributed by atoms with Gasteiger partial charge in [-0.2, -0.15) is 0 Å². The number of fused-ring (bicyclic) bond motifs is 1. The molecule has 5 rings (SSSR count). The SMILES string of the molecule is COc1ccc(Nc2ncnc3[nH]c(C4=CCN(C(=O)OC(C)(C)C)CC4)cc23)cc1-c1cncs1. The average Bonchev–Trinajstić information content (AvgIpc) is 3.54. The summed E-state index contributed by atoms with van der Waals surface area (Å²) >= 11 is 1.56. The Bertz CT molecular complexity index is 1420. The molecule has 0 radical (unpaired) electrons. The molecule has 4 heterocycles. The van der Waals surface area contributed by atoms with Crippen molar-refractivity contribution in [2.45, 2.75) is 32.8 Å². The van der Waals surface area contributed by atoms with Crippen molar-refractivity contribution in [3.63, 3.8) is 0 Å². The molecule has 9 nitrogen and oxygen atoms in total. The van der Waals surface area contributed by atoms with Crippen molar-refractivity contribution in [3.05, 3.63) is 54.1 Å². The number of hydrogen-bond donors (Lipinski definition) is 2. The van der Waals surface area contributed by atoms with Crippen molar-refractivity contribution in [2.75, 3.05) is 25.5 Å². The van der Waals surface area contributed by atoms with Gasteiger partial charge in [0, 0.05) is 36.2 Å². The summed E-state index contributed by atoms with van der Waals surface area (Å²) in [5.74, 6) is 1.49. The van der Waals surface area contributed by atoms with Crippen LogP contribution in [0.15, 0.2) is 48.4 Å². The number of H-pyrrole nitrogens is 1. The number of ether oxygens (including phenoxy) is 2. The molecular formula is C26H28N6O3S. The molecule has 3 aromatic heterocycles. The molecule has 0 spiro atoms. The van der Waals surface area contributed by atoms with E-state index in [1.165, 1.54) is 6.33 Å². The minimum atomic E-state index is -0.508. The second-order valence-corrected chi connectivity index (χ2v) is 10.4. The van der Waals surface area contributed by atoms with E-state index < -0.39 is 5.60 Å². The molecule has 0 atom stereocenters. The summed E-state index contributed by atoms with van der Waals surface area (Å²) in [7, 11) is 1.66. The van der Waals surface area contributed by atoms with Gasteiger partial charge in [-0.3, -0.25) is 4.98 Å². The molecule has 1 aromatic carbocycles. The molecule has 0 aliphatic carbocycles. The lowest BCUT2D eigenvalue weighted by Gasteiger charge is -2.29. The second kappa shape index (κ2) is 9.62. The number of rotatable bonds is 5. The van der Waals surface area contributed by atoms with Crippen molar-refractivity contribution in [3.8, 4) is 16.2 Å². The minimum Gasteiger partial charge on any atom is -0.496 e. The van der Waals surface area contributed by atoms with Gasteiger partial charge in [0.25, 0.3) is 0 Å². The van der Waals surface area contributed by atoms with Gasteiger partial charge in [0.2, 0.25) is 0 Å². The molecule has 1 aliphatic heterocycles. The predicted molar refractivity (Wildman–Crippen MR) is 142 cm³/mol. The summed E-state index contributed by atoms with van der Waals surface area (Å²) in [6.45, 7) is 6.72. The van der Waals surface area contributed by atoms with Gasteiger partial charge < -0.3 is 24.7 Å². The first kappa shape index (κ1) is 23.8. The van der Waals surface area contributed by atoms with Gasteiger partial charge >= 0.3 is 6.09 Å². The van der Waals surface area contributed by atoms with E-state index in [0.29, 0.717) is 18.9 Å². The Morgan fingerprint density at radius 3 is 2.78 bits per heavy atom. The van der Waals surface area contributed by atoms with Gasteiger partial charge in [-0.1, -0.05) is 6.08 Å². The zero-order chi connectivity index (χ0) is 25.3. The number of carbonyl (C=O) groups excluding carboxylic acids is 1. The lowest BCUT2D eigenvalue weighted by molar-refractivity contribution is 0.0270. The highest BCUT2D eigenvalue weighted by atomic mass is 32.1. The highest BCUT2D eigenvalue weighted by Gasteiger charge is 2.24. The minimum absolute atomic E-state index is 0.288. The van der Waals surface area contributed by atoms with Crippen LogP contribution in [0.5, 0.6) is 5.75 Å². The van der Waals surface area contributed by atoms with Crippen LogP contribution in [-0.4, -0.2) is 56.7 Å². The Kier molecular flexibility index (Phi) is 6.36. The number of nitrogens with zero attached hydrogens (tertiary/aromatic N) is 4. The molecule has 1 amide bonds. The number of hydrogen-bond acceptors (Lipinski definition) is 8. The molecule has 4 aromatic rings. The molecule has 0 fully saturated rings. The van der Waals surface area contributed by atoms with Crippen LogP contribution in [0.1, 0.15) is 32.9 Å². The number of aromatic nitrogens is 4. The summed E-state index contributed by atoms with van der Waals surface area (Å²) in [4.78, 5) is 31.6. The molecular weight excluding hydrogens is 476 g/mol. The summed E-state index contributed by atoms with van der Waals surface area (Å²) in [5, 5.41) is 4.32. The van der Waals surface area contributed by atoms with E-state index >= 15 is 0 Å². The Balaban J connectivity index is 1.38. The van der Waals surface area contributed by atoms with Crippen LogP contribution in [0.4, 0.5) is 16.3 Å². The van der Waals surface area contributed by atoms with Crippen LogP contribution in [0.25, 0.3) is 27.0 Å². The molecule has 0 unspecified atom stereocenters. The van der Waals surface area contributed by atoms with Gasteiger partial charge in [-0.25, -0.2) is 14.8 Å². The highest BCUT2D eigenvalue weighted by molar-refractivity contribution is 7.13. The Morgan fingerprint density at radius 2 is 2.08 bits per heavy atom. The zero-order valence-corrected chi connectivity index (χ0v) is 21.5. The molecule has 2 N–H and O–H groups in total. The molecule has 0 saturated carbocycles. The standard InChI is InChI=1S/C26H28N6O3S/c1-26(2,3)35-25(33)32-9-7-16(8-10-32)20-12-19-23(28-14-29-24(19)31-20)30-17-5-6-21(34-4)18(11-17)22-13-27-15-36-22/h5-7,11-15H,8-10H2,1-4H3,(H2,28,29,30,31). The van der Waals surface area contributed by atoms with Crippen molar-refractivity contribution >= 4 is 45.5 Å². The number of nitrogens with one attached hydrogen (secondary N) is 2. The van der Waals surface area contributed by atoms with Gasteiger partial charge in [0.05, 0.1) is 22.9 Å². The Labute approximate surface area is 213 Å². The zero-order valence-electron chi connectivity index (χ0n) is 20.7. The third kappa shape index (κ3) is 5.03. The van der Waals surface area contributed by atoms with Gasteiger partial charge in [-0.15, -0.1) is 11.3 Å². The van der Waals surface area contributed by atoms with E-state index in [2.05, 4.69) is 37.4 Å². The fourth-order valence-corrected chi connectivity index (χ4v) is 4.73. The number of anilines is 2. The monoisotopic (exact) mass is 504 g/mol. The number of amides is 1. The first-order valence-corrected chi connectivity index (χ1v) is 12.5. The summed E-state index contributed by atoms with van der Waals surface area (Å²) < 4.78 is 11.0. The van der Waals surface area contributed by atoms with Crippen LogP contribution in [0, 0.1) is 0 Å². The lowest BCUT2D eigenvalue weighted by atomic mass is 10.1. The van der Waals surface area contributed by atoms with Crippen LogP contribution < -0.4 is 10.1 Å². The maximum absolute atomic E-state index is 12.4. The summed E-state index contributed by atoms with van der Waals surface area (Å²) in [6, 6.07) is 7.98. The largest absolute Gasteiger partial charge is 0.496 e. The third-order valence-electron chi connectivity index (χ3n) is 5.79. The van der Waals surface area contributed by atoms with Crippen molar-refractivity contribution in [1.29, 1.82) is 0 Å².